The Bertz CT molecular complexity index is 942. The van der Waals surface area contributed by atoms with E-state index >= 15 is 0 Å². The lowest BCUT2D eigenvalue weighted by Crippen LogP contribution is -2.36. The van der Waals surface area contributed by atoms with Crippen molar-refractivity contribution in [1.29, 1.82) is 0 Å². The Morgan fingerprint density at radius 3 is 2.67 bits per heavy atom. The third-order valence-corrected chi connectivity index (χ3v) is 4.94. The SMILES string of the molecule is CN1CCC(Nc2ccn3ncc(-c4cccc(C(F)(F)F)c4)c3n2)CC1. The van der Waals surface area contributed by atoms with E-state index < -0.39 is 11.7 Å². The number of aromatic nitrogens is 3. The minimum absolute atomic E-state index is 0.344. The van der Waals surface area contributed by atoms with Crippen molar-refractivity contribution in [3.8, 4) is 11.1 Å². The highest BCUT2D eigenvalue weighted by atomic mass is 19.4. The molecule has 3 aromatic rings. The highest BCUT2D eigenvalue weighted by Gasteiger charge is 2.30. The third-order valence-electron chi connectivity index (χ3n) is 4.94. The molecule has 0 aliphatic carbocycles. The third kappa shape index (κ3) is 3.75. The van der Waals surface area contributed by atoms with Crippen LogP contribution >= 0.6 is 0 Å². The Kier molecular flexibility index (Phi) is 4.51. The molecule has 142 valence electrons. The monoisotopic (exact) mass is 375 g/mol. The van der Waals surface area contributed by atoms with Crippen molar-refractivity contribution >= 4 is 11.5 Å². The maximum absolute atomic E-state index is 13.0. The number of halogens is 3. The number of likely N-dealkylation sites (tertiary alicyclic amines) is 1. The Hall–Kier alpha value is -2.61. The summed E-state index contributed by atoms with van der Waals surface area (Å²) in [6.07, 6.45) is 1.01. The zero-order valence-electron chi connectivity index (χ0n) is 14.9. The topological polar surface area (TPSA) is 45.5 Å². The van der Waals surface area contributed by atoms with Crippen LogP contribution in [0.5, 0.6) is 0 Å². The number of nitrogens with zero attached hydrogens (tertiary/aromatic N) is 4. The zero-order valence-corrected chi connectivity index (χ0v) is 14.9. The molecule has 0 amide bonds. The first-order valence-corrected chi connectivity index (χ1v) is 8.87. The molecule has 3 heterocycles. The summed E-state index contributed by atoms with van der Waals surface area (Å²) < 4.78 is 40.7. The summed E-state index contributed by atoms with van der Waals surface area (Å²) in [5.41, 5.74) is 0.879. The average Bonchev–Trinajstić information content (AvgIpc) is 3.06. The van der Waals surface area contributed by atoms with Gasteiger partial charge in [-0.1, -0.05) is 12.1 Å². The fraction of sp³-hybridized carbons (Fsp3) is 0.368. The first kappa shape index (κ1) is 17.8. The van der Waals surface area contributed by atoms with E-state index in [0.29, 0.717) is 28.6 Å². The van der Waals surface area contributed by atoms with Gasteiger partial charge >= 0.3 is 6.18 Å². The molecular formula is C19H20F3N5. The minimum Gasteiger partial charge on any atom is -0.367 e. The van der Waals surface area contributed by atoms with E-state index in [2.05, 4.69) is 27.3 Å². The molecule has 1 aliphatic rings. The molecule has 5 nitrogen and oxygen atoms in total. The molecule has 1 saturated heterocycles. The van der Waals surface area contributed by atoms with Crippen LogP contribution in [0.25, 0.3) is 16.8 Å². The van der Waals surface area contributed by atoms with Gasteiger partial charge in [0.2, 0.25) is 0 Å². The molecule has 1 aliphatic heterocycles. The van der Waals surface area contributed by atoms with E-state index in [0.717, 1.165) is 38.1 Å². The van der Waals surface area contributed by atoms with Crippen molar-refractivity contribution in [1.82, 2.24) is 19.5 Å². The summed E-state index contributed by atoms with van der Waals surface area (Å²) >= 11 is 0. The van der Waals surface area contributed by atoms with Crippen LogP contribution in [0.4, 0.5) is 19.0 Å². The Morgan fingerprint density at radius 2 is 1.93 bits per heavy atom. The summed E-state index contributed by atoms with van der Waals surface area (Å²) in [7, 11) is 2.11. The number of anilines is 1. The maximum atomic E-state index is 13.0. The van der Waals surface area contributed by atoms with Crippen LogP contribution in [-0.4, -0.2) is 45.7 Å². The molecule has 0 saturated carbocycles. The first-order chi connectivity index (χ1) is 12.9. The predicted octanol–water partition coefficient (Wildman–Crippen LogP) is 3.92. The van der Waals surface area contributed by atoms with Gasteiger partial charge in [0.15, 0.2) is 5.65 Å². The molecule has 0 bridgehead atoms. The van der Waals surface area contributed by atoms with Crippen molar-refractivity contribution in [2.75, 3.05) is 25.5 Å². The number of hydrogen-bond donors (Lipinski definition) is 1. The van der Waals surface area contributed by atoms with Gasteiger partial charge in [-0.15, -0.1) is 0 Å². The van der Waals surface area contributed by atoms with E-state index in [4.69, 9.17) is 0 Å². The fourth-order valence-electron chi connectivity index (χ4n) is 3.38. The second-order valence-electron chi connectivity index (χ2n) is 6.94. The molecular weight excluding hydrogens is 355 g/mol. The minimum atomic E-state index is -4.38. The van der Waals surface area contributed by atoms with Crippen LogP contribution < -0.4 is 5.32 Å². The standard InChI is InChI=1S/C19H20F3N5/c1-26-8-5-15(6-9-26)24-17-7-10-27-18(25-17)16(12-23-27)13-3-2-4-14(11-13)19(20,21)22/h2-4,7,10-12,15H,5-6,8-9H2,1H3,(H,24,25). The second kappa shape index (κ2) is 6.84. The molecule has 27 heavy (non-hydrogen) atoms. The normalized spacial score (nSPS) is 16.7. The van der Waals surface area contributed by atoms with Gasteiger partial charge in [0.05, 0.1) is 11.8 Å². The molecule has 1 N–H and O–H groups in total. The van der Waals surface area contributed by atoms with E-state index in [1.54, 1.807) is 23.0 Å². The summed E-state index contributed by atoms with van der Waals surface area (Å²) in [4.78, 5) is 6.90. The van der Waals surface area contributed by atoms with Gasteiger partial charge < -0.3 is 10.2 Å². The van der Waals surface area contributed by atoms with Crippen LogP contribution in [0.3, 0.4) is 0 Å². The van der Waals surface area contributed by atoms with Crippen LogP contribution in [0.1, 0.15) is 18.4 Å². The van der Waals surface area contributed by atoms with Gasteiger partial charge in [0.25, 0.3) is 0 Å². The Balaban J connectivity index is 1.65. The maximum Gasteiger partial charge on any atom is 0.416 e. The molecule has 0 unspecified atom stereocenters. The van der Waals surface area contributed by atoms with E-state index in [1.807, 2.05) is 6.07 Å². The van der Waals surface area contributed by atoms with Gasteiger partial charge in [-0.2, -0.15) is 18.3 Å². The smallest absolute Gasteiger partial charge is 0.367 e. The predicted molar refractivity (Wildman–Crippen MR) is 97.6 cm³/mol. The summed E-state index contributed by atoms with van der Waals surface area (Å²) in [5, 5.41) is 7.66. The van der Waals surface area contributed by atoms with Gasteiger partial charge in [-0.25, -0.2) is 9.50 Å². The van der Waals surface area contributed by atoms with Crippen molar-refractivity contribution in [2.45, 2.75) is 25.1 Å². The molecule has 8 heteroatoms. The van der Waals surface area contributed by atoms with Crippen LogP contribution in [0.2, 0.25) is 0 Å². The summed E-state index contributed by atoms with van der Waals surface area (Å²) in [5.74, 6) is 0.714. The number of hydrogen-bond acceptors (Lipinski definition) is 4. The first-order valence-electron chi connectivity index (χ1n) is 8.87. The van der Waals surface area contributed by atoms with Gasteiger partial charge in [-0.05, 0) is 56.7 Å². The molecule has 4 rings (SSSR count). The quantitative estimate of drug-likeness (QED) is 0.754. The van der Waals surface area contributed by atoms with Crippen LogP contribution in [-0.2, 0) is 6.18 Å². The molecule has 0 atom stereocenters. The van der Waals surface area contributed by atoms with Crippen LogP contribution in [0, 0.1) is 0 Å². The fourth-order valence-corrected chi connectivity index (χ4v) is 3.38. The molecule has 2 aromatic heterocycles. The number of piperidine rings is 1. The van der Waals surface area contributed by atoms with Crippen molar-refractivity contribution in [3.05, 3.63) is 48.3 Å². The largest absolute Gasteiger partial charge is 0.416 e. The Morgan fingerprint density at radius 1 is 1.15 bits per heavy atom. The number of alkyl halides is 3. The highest BCUT2D eigenvalue weighted by molar-refractivity contribution is 5.78. The molecule has 1 fully saturated rings. The zero-order chi connectivity index (χ0) is 19.0. The van der Waals surface area contributed by atoms with E-state index in [-0.39, 0.29) is 0 Å². The van der Waals surface area contributed by atoms with E-state index in [9.17, 15) is 13.2 Å². The summed E-state index contributed by atoms with van der Waals surface area (Å²) in [6, 6.07) is 7.43. The molecule has 1 aromatic carbocycles. The van der Waals surface area contributed by atoms with Gasteiger partial charge in [-0.3, -0.25) is 0 Å². The van der Waals surface area contributed by atoms with Crippen LogP contribution in [0.15, 0.2) is 42.7 Å². The lowest BCUT2D eigenvalue weighted by molar-refractivity contribution is -0.137. The number of rotatable bonds is 3. The van der Waals surface area contributed by atoms with Crippen molar-refractivity contribution < 1.29 is 13.2 Å². The second-order valence-corrected chi connectivity index (χ2v) is 6.94. The Labute approximate surface area is 154 Å². The van der Waals surface area contributed by atoms with Gasteiger partial charge in [0.1, 0.15) is 5.82 Å². The average molecular weight is 375 g/mol. The molecule has 0 radical (unpaired) electrons. The number of benzene rings is 1. The number of nitrogens with one attached hydrogen (secondary N) is 1. The summed E-state index contributed by atoms with van der Waals surface area (Å²) in [6.45, 7) is 2.06. The van der Waals surface area contributed by atoms with Gasteiger partial charge in [0, 0.05) is 17.8 Å². The van der Waals surface area contributed by atoms with E-state index in [1.165, 1.54) is 6.07 Å². The van der Waals surface area contributed by atoms with Crippen molar-refractivity contribution in [2.24, 2.45) is 0 Å². The number of fused-ring (bicyclic) bond motifs is 1. The van der Waals surface area contributed by atoms with Crippen molar-refractivity contribution in [3.63, 3.8) is 0 Å². The lowest BCUT2D eigenvalue weighted by atomic mass is 10.1. The molecule has 0 spiro atoms. The highest BCUT2D eigenvalue weighted by Crippen LogP contribution is 2.33. The lowest BCUT2D eigenvalue weighted by Gasteiger charge is -2.29.